The average Bonchev–Trinajstić information content (AvgIpc) is 2.81. The van der Waals surface area contributed by atoms with Crippen LogP contribution in [-0.4, -0.2) is 4.57 Å². The smallest absolute Gasteiger partial charge is 0.105 e. The molecule has 3 aromatic carbocycles. The van der Waals surface area contributed by atoms with Gasteiger partial charge in [-0.2, -0.15) is 0 Å². The van der Waals surface area contributed by atoms with Gasteiger partial charge in [0.2, 0.25) is 0 Å². The van der Waals surface area contributed by atoms with Crippen LogP contribution in [0.2, 0.25) is 0 Å². The Morgan fingerprint density at radius 1 is 0.900 bits per heavy atom. The molecular weight excluding hydrogens is 242 g/mol. The average molecular weight is 255 g/mol. The Labute approximate surface area is 118 Å². The minimum Gasteiger partial charge on any atom is -0.302 e. The van der Waals surface area contributed by atoms with E-state index in [0.29, 0.717) is 0 Å². The Hall–Kier alpha value is -2.72. The van der Waals surface area contributed by atoms with E-state index in [4.69, 9.17) is 0 Å². The van der Waals surface area contributed by atoms with Crippen LogP contribution < -0.4 is 0 Å². The Balaban J connectivity index is 2.23. The molecule has 0 aliphatic heterocycles. The molecule has 0 aliphatic carbocycles. The number of benzene rings is 2. The molecule has 0 N–H and O–H groups in total. The van der Waals surface area contributed by atoms with E-state index in [1.54, 1.807) is 0 Å². The Bertz CT molecular complexity index is 901. The zero-order valence-corrected chi connectivity index (χ0v) is 11.2. The summed E-state index contributed by atoms with van der Waals surface area (Å²) in [6.45, 7) is 2.13. The lowest BCUT2D eigenvalue weighted by molar-refractivity contribution is 1.18. The van der Waals surface area contributed by atoms with Crippen molar-refractivity contribution in [2.75, 3.05) is 0 Å². The quantitative estimate of drug-likeness (QED) is 0.465. The van der Waals surface area contributed by atoms with E-state index in [0.717, 1.165) is 11.2 Å². The Morgan fingerprint density at radius 3 is 2.60 bits per heavy atom. The molecule has 0 saturated heterocycles. The van der Waals surface area contributed by atoms with Crippen molar-refractivity contribution < 1.29 is 0 Å². The van der Waals surface area contributed by atoms with Crippen LogP contribution >= 0.6 is 0 Å². The highest BCUT2D eigenvalue weighted by molar-refractivity contribution is 6.08. The summed E-state index contributed by atoms with van der Waals surface area (Å²) < 4.78 is 2.26. The SMILES string of the molecule is Cc1ccc2c3ccc#cc3n(-c3ccccc3)c2c1. The Morgan fingerprint density at radius 2 is 1.75 bits per heavy atom. The van der Waals surface area contributed by atoms with Crippen molar-refractivity contribution in [2.45, 2.75) is 6.92 Å². The van der Waals surface area contributed by atoms with Crippen molar-refractivity contribution in [3.05, 3.63) is 78.4 Å². The first kappa shape index (κ1) is 11.1. The Kier molecular flexibility index (Phi) is 2.31. The van der Waals surface area contributed by atoms with Crippen molar-refractivity contribution >= 4 is 21.8 Å². The van der Waals surface area contributed by atoms with Gasteiger partial charge in [0.25, 0.3) is 0 Å². The van der Waals surface area contributed by atoms with Crippen LogP contribution in [0, 0.1) is 19.1 Å². The number of aryl methyl sites for hydroxylation is 1. The van der Waals surface area contributed by atoms with Gasteiger partial charge in [0.15, 0.2) is 0 Å². The zero-order valence-electron chi connectivity index (χ0n) is 11.2. The first-order chi connectivity index (χ1) is 9.84. The molecule has 0 unspecified atom stereocenters. The molecule has 94 valence electrons. The summed E-state index contributed by atoms with van der Waals surface area (Å²) in [5.74, 6) is 0. The van der Waals surface area contributed by atoms with E-state index >= 15 is 0 Å². The van der Waals surface area contributed by atoms with E-state index in [1.165, 1.54) is 21.9 Å². The largest absolute Gasteiger partial charge is 0.302 e. The molecule has 0 aliphatic rings. The van der Waals surface area contributed by atoms with Crippen LogP contribution in [0.5, 0.6) is 0 Å². The summed E-state index contributed by atoms with van der Waals surface area (Å²) >= 11 is 0. The van der Waals surface area contributed by atoms with Crippen molar-refractivity contribution in [3.8, 4) is 5.69 Å². The van der Waals surface area contributed by atoms with Gasteiger partial charge in [-0.1, -0.05) is 36.4 Å². The number of hydrogen-bond acceptors (Lipinski definition) is 0. The van der Waals surface area contributed by atoms with Crippen LogP contribution in [0.4, 0.5) is 0 Å². The highest BCUT2D eigenvalue weighted by Crippen LogP contribution is 2.31. The lowest BCUT2D eigenvalue weighted by Gasteiger charge is -2.06. The van der Waals surface area contributed by atoms with E-state index in [2.05, 4.69) is 72.2 Å². The second-order valence-electron chi connectivity index (χ2n) is 5.06. The van der Waals surface area contributed by atoms with Gasteiger partial charge in [0.1, 0.15) is 5.52 Å². The molecule has 0 atom stereocenters. The molecule has 4 aromatic rings. The molecule has 1 aromatic heterocycles. The summed E-state index contributed by atoms with van der Waals surface area (Å²) in [5.41, 5.74) is 4.73. The second kappa shape index (κ2) is 4.15. The molecule has 1 heteroatoms. The van der Waals surface area contributed by atoms with E-state index < -0.39 is 0 Å². The summed E-state index contributed by atoms with van der Waals surface area (Å²) in [6, 6.07) is 27.4. The zero-order chi connectivity index (χ0) is 13.5. The first-order valence-electron chi connectivity index (χ1n) is 6.73. The molecule has 0 spiro atoms. The molecule has 4 rings (SSSR count). The van der Waals surface area contributed by atoms with Crippen LogP contribution in [-0.2, 0) is 0 Å². The highest BCUT2D eigenvalue weighted by atomic mass is 15.0. The number of rotatable bonds is 1. The van der Waals surface area contributed by atoms with Gasteiger partial charge in [-0.25, -0.2) is 0 Å². The fourth-order valence-corrected chi connectivity index (χ4v) is 2.80. The van der Waals surface area contributed by atoms with Crippen LogP contribution in [0.3, 0.4) is 0 Å². The molecule has 0 bridgehead atoms. The maximum Gasteiger partial charge on any atom is 0.105 e. The molecule has 0 radical (unpaired) electrons. The predicted octanol–water partition coefficient (Wildman–Crippen LogP) is 4.69. The molecule has 1 nitrogen and oxygen atoms in total. The lowest BCUT2D eigenvalue weighted by atomic mass is 10.1. The lowest BCUT2D eigenvalue weighted by Crippen LogP contribution is -1.92. The minimum absolute atomic E-state index is 1.08. The first-order valence-corrected chi connectivity index (χ1v) is 6.73. The number of fused-ring (bicyclic) bond motifs is 3. The monoisotopic (exact) mass is 255 g/mol. The fourth-order valence-electron chi connectivity index (χ4n) is 2.80. The standard InChI is InChI=1S/C19H13N/c1-14-11-12-17-16-9-5-6-10-18(16)20(19(17)13-14)15-7-3-2-4-8-15/h2-5,7-9,11-13H,1H3. The third-order valence-electron chi connectivity index (χ3n) is 3.70. The third kappa shape index (κ3) is 1.52. The summed E-state index contributed by atoms with van der Waals surface area (Å²) in [5, 5.41) is 2.49. The van der Waals surface area contributed by atoms with E-state index in [-0.39, 0.29) is 0 Å². The molecule has 20 heavy (non-hydrogen) atoms. The summed E-state index contributed by atoms with van der Waals surface area (Å²) in [4.78, 5) is 0. The van der Waals surface area contributed by atoms with Gasteiger partial charge in [-0.05, 0) is 48.9 Å². The van der Waals surface area contributed by atoms with Crippen LogP contribution in [0.1, 0.15) is 5.56 Å². The molecule has 1 heterocycles. The van der Waals surface area contributed by atoms with Gasteiger partial charge >= 0.3 is 0 Å². The van der Waals surface area contributed by atoms with Gasteiger partial charge in [0, 0.05) is 16.5 Å². The van der Waals surface area contributed by atoms with Crippen molar-refractivity contribution in [1.29, 1.82) is 0 Å². The predicted molar refractivity (Wildman–Crippen MR) is 83.2 cm³/mol. The van der Waals surface area contributed by atoms with E-state index in [1.807, 2.05) is 12.1 Å². The maximum absolute atomic E-state index is 3.26. The van der Waals surface area contributed by atoms with Crippen LogP contribution in [0.25, 0.3) is 27.5 Å². The fraction of sp³-hybridized carbons (Fsp3) is 0.0526. The summed E-state index contributed by atoms with van der Waals surface area (Å²) in [6.07, 6.45) is 0. The van der Waals surface area contributed by atoms with Gasteiger partial charge in [0.05, 0.1) is 5.52 Å². The number of para-hydroxylation sites is 1. The number of nitrogens with zero attached hydrogens (tertiary/aromatic N) is 1. The third-order valence-corrected chi connectivity index (χ3v) is 3.70. The normalized spacial score (nSPS) is 10.8. The molecule has 0 amide bonds. The van der Waals surface area contributed by atoms with Crippen molar-refractivity contribution in [3.63, 3.8) is 0 Å². The molecular formula is C19H13N. The van der Waals surface area contributed by atoms with Crippen LogP contribution in [0.15, 0.2) is 60.7 Å². The second-order valence-corrected chi connectivity index (χ2v) is 5.06. The van der Waals surface area contributed by atoms with Gasteiger partial charge in [-0.15, -0.1) is 0 Å². The topological polar surface area (TPSA) is 4.93 Å². The van der Waals surface area contributed by atoms with E-state index in [9.17, 15) is 0 Å². The highest BCUT2D eigenvalue weighted by Gasteiger charge is 2.11. The summed E-state index contributed by atoms with van der Waals surface area (Å²) in [7, 11) is 0. The van der Waals surface area contributed by atoms with Gasteiger partial charge in [-0.3, -0.25) is 0 Å². The van der Waals surface area contributed by atoms with Crippen molar-refractivity contribution in [2.24, 2.45) is 0 Å². The number of hydrogen-bond donors (Lipinski definition) is 0. The number of aromatic nitrogens is 1. The van der Waals surface area contributed by atoms with Gasteiger partial charge < -0.3 is 4.57 Å². The molecule has 0 saturated carbocycles. The minimum atomic E-state index is 1.08. The van der Waals surface area contributed by atoms with Crippen molar-refractivity contribution in [1.82, 2.24) is 4.57 Å². The maximum atomic E-state index is 3.26. The molecule has 0 fully saturated rings.